The molecule has 0 aromatic carbocycles. The predicted octanol–water partition coefficient (Wildman–Crippen LogP) is 1.22. The van der Waals surface area contributed by atoms with E-state index < -0.39 is 0 Å². The molecule has 0 aliphatic heterocycles. The third-order valence-electron chi connectivity index (χ3n) is 2.34. The largest absolute Gasteiger partial charge is 0.363 e. The summed E-state index contributed by atoms with van der Waals surface area (Å²) < 4.78 is 0. The van der Waals surface area contributed by atoms with Crippen LogP contribution in [0, 0.1) is 0 Å². The fourth-order valence-corrected chi connectivity index (χ4v) is 1.46. The Bertz CT molecular complexity index is 398. The summed E-state index contributed by atoms with van der Waals surface area (Å²) in [6.45, 7) is 4.82. The number of anilines is 1. The molecule has 0 fully saturated rings. The molecule has 0 aliphatic carbocycles. The maximum Gasteiger partial charge on any atom is 0.191 e. The van der Waals surface area contributed by atoms with Gasteiger partial charge in [0.15, 0.2) is 5.96 Å². The normalized spacial score (nSPS) is 11.6. The van der Waals surface area contributed by atoms with Crippen molar-refractivity contribution >= 4 is 11.8 Å². The lowest BCUT2D eigenvalue weighted by molar-refractivity contribution is 0.696. The van der Waals surface area contributed by atoms with E-state index in [1.54, 1.807) is 7.05 Å². The summed E-state index contributed by atoms with van der Waals surface area (Å²) in [7, 11) is 5.74. The van der Waals surface area contributed by atoms with E-state index in [4.69, 9.17) is 0 Å². The molecule has 5 heteroatoms. The Kier molecular flexibility index (Phi) is 5.42. The van der Waals surface area contributed by atoms with E-state index in [0.29, 0.717) is 12.6 Å². The number of nitrogens with zero attached hydrogens (tertiary/aromatic N) is 3. The average Bonchev–Trinajstić information content (AvgIpc) is 2.34. The fourth-order valence-electron chi connectivity index (χ4n) is 1.46. The smallest absolute Gasteiger partial charge is 0.191 e. The predicted molar refractivity (Wildman–Crippen MR) is 77.0 cm³/mol. The molecule has 18 heavy (non-hydrogen) atoms. The number of pyridine rings is 1. The molecule has 0 bridgehead atoms. The van der Waals surface area contributed by atoms with Crippen LogP contribution in [-0.4, -0.2) is 38.1 Å². The molecule has 0 amide bonds. The number of aliphatic imine (C=N–C) groups is 1. The number of rotatable bonds is 4. The maximum absolute atomic E-state index is 4.54. The van der Waals surface area contributed by atoms with Crippen molar-refractivity contribution < 1.29 is 0 Å². The fraction of sp³-hybridized carbons (Fsp3) is 0.538. The van der Waals surface area contributed by atoms with Crippen LogP contribution >= 0.6 is 0 Å². The van der Waals surface area contributed by atoms with E-state index in [0.717, 1.165) is 17.5 Å². The Morgan fingerprint density at radius 2 is 2.11 bits per heavy atom. The lowest BCUT2D eigenvalue weighted by Gasteiger charge is -2.15. The van der Waals surface area contributed by atoms with E-state index >= 15 is 0 Å². The topological polar surface area (TPSA) is 52.6 Å². The highest BCUT2D eigenvalue weighted by atomic mass is 15.2. The molecule has 5 nitrogen and oxygen atoms in total. The van der Waals surface area contributed by atoms with Gasteiger partial charge in [0.25, 0.3) is 0 Å². The van der Waals surface area contributed by atoms with Crippen LogP contribution in [-0.2, 0) is 6.54 Å². The van der Waals surface area contributed by atoms with Crippen molar-refractivity contribution in [1.29, 1.82) is 0 Å². The average molecular weight is 249 g/mol. The van der Waals surface area contributed by atoms with Crippen molar-refractivity contribution in [2.24, 2.45) is 4.99 Å². The third kappa shape index (κ3) is 4.61. The molecular weight excluding hydrogens is 226 g/mol. The number of guanidine groups is 1. The number of aromatic nitrogens is 1. The van der Waals surface area contributed by atoms with Gasteiger partial charge in [-0.05, 0) is 26.0 Å². The van der Waals surface area contributed by atoms with Gasteiger partial charge in [-0.3, -0.25) is 4.99 Å². The van der Waals surface area contributed by atoms with Crippen LogP contribution in [0.3, 0.4) is 0 Å². The second-order valence-corrected chi connectivity index (χ2v) is 4.61. The zero-order chi connectivity index (χ0) is 13.5. The second-order valence-electron chi connectivity index (χ2n) is 4.61. The Balaban J connectivity index is 2.60. The van der Waals surface area contributed by atoms with Crippen LogP contribution in [0.15, 0.2) is 23.2 Å². The van der Waals surface area contributed by atoms with Crippen LogP contribution in [0.4, 0.5) is 5.82 Å². The van der Waals surface area contributed by atoms with Gasteiger partial charge in [0.1, 0.15) is 5.82 Å². The molecule has 0 aliphatic rings. The quantitative estimate of drug-likeness (QED) is 0.622. The summed E-state index contributed by atoms with van der Waals surface area (Å²) in [5.41, 5.74) is 0.993. The van der Waals surface area contributed by atoms with E-state index in [1.165, 1.54) is 0 Å². The third-order valence-corrected chi connectivity index (χ3v) is 2.34. The summed E-state index contributed by atoms with van der Waals surface area (Å²) in [5, 5.41) is 6.48. The van der Waals surface area contributed by atoms with Gasteiger partial charge in [0.05, 0.1) is 12.2 Å². The van der Waals surface area contributed by atoms with Crippen LogP contribution in [0.25, 0.3) is 0 Å². The number of hydrogen-bond acceptors (Lipinski definition) is 3. The van der Waals surface area contributed by atoms with E-state index in [2.05, 4.69) is 34.5 Å². The van der Waals surface area contributed by atoms with Gasteiger partial charge in [-0.25, -0.2) is 4.98 Å². The first-order valence-electron chi connectivity index (χ1n) is 6.13. The molecule has 1 rings (SSSR count). The molecule has 1 aromatic rings. The lowest BCUT2D eigenvalue weighted by atomic mass is 10.3. The van der Waals surface area contributed by atoms with Crippen molar-refractivity contribution in [1.82, 2.24) is 15.6 Å². The SMILES string of the molecule is CN=C(NCc1cccc(N(C)C)n1)NC(C)C. The maximum atomic E-state index is 4.54. The van der Waals surface area contributed by atoms with E-state index in [9.17, 15) is 0 Å². The molecule has 0 saturated heterocycles. The molecule has 2 N–H and O–H groups in total. The Hall–Kier alpha value is -1.78. The molecule has 0 unspecified atom stereocenters. The standard InChI is InChI=1S/C13H23N5/c1-10(2)16-13(14-3)15-9-11-7-6-8-12(17-11)18(4)5/h6-8,10H,9H2,1-5H3,(H2,14,15,16). The minimum atomic E-state index is 0.359. The number of nitrogens with one attached hydrogen (secondary N) is 2. The molecule has 0 spiro atoms. The molecular formula is C13H23N5. The van der Waals surface area contributed by atoms with Gasteiger partial charge in [0, 0.05) is 27.2 Å². The summed E-state index contributed by atoms with van der Waals surface area (Å²) in [6.07, 6.45) is 0. The van der Waals surface area contributed by atoms with E-state index in [-0.39, 0.29) is 0 Å². The first-order chi connectivity index (χ1) is 8.52. The second kappa shape index (κ2) is 6.83. The van der Waals surface area contributed by atoms with Crippen LogP contribution in [0.1, 0.15) is 19.5 Å². The molecule has 0 atom stereocenters. The number of hydrogen-bond donors (Lipinski definition) is 2. The van der Waals surface area contributed by atoms with Gasteiger partial charge in [0.2, 0.25) is 0 Å². The van der Waals surface area contributed by atoms with Crippen LogP contribution in [0.2, 0.25) is 0 Å². The monoisotopic (exact) mass is 249 g/mol. The first kappa shape index (κ1) is 14.3. The molecule has 100 valence electrons. The van der Waals surface area contributed by atoms with Crippen molar-refractivity contribution in [2.75, 3.05) is 26.0 Å². The van der Waals surface area contributed by atoms with Gasteiger partial charge >= 0.3 is 0 Å². The Morgan fingerprint density at radius 3 is 2.67 bits per heavy atom. The van der Waals surface area contributed by atoms with Crippen molar-refractivity contribution in [3.05, 3.63) is 23.9 Å². The van der Waals surface area contributed by atoms with Gasteiger partial charge in [-0.2, -0.15) is 0 Å². The zero-order valence-corrected chi connectivity index (χ0v) is 11.9. The summed E-state index contributed by atoms with van der Waals surface area (Å²) >= 11 is 0. The lowest BCUT2D eigenvalue weighted by Crippen LogP contribution is -2.40. The summed E-state index contributed by atoms with van der Waals surface area (Å²) in [6, 6.07) is 6.36. The van der Waals surface area contributed by atoms with E-state index in [1.807, 2.05) is 37.2 Å². The molecule has 1 heterocycles. The zero-order valence-electron chi connectivity index (χ0n) is 11.9. The van der Waals surface area contributed by atoms with Gasteiger partial charge < -0.3 is 15.5 Å². The highest BCUT2D eigenvalue weighted by Gasteiger charge is 2.02. The highest BCUT2D eigenvalue weighted by molar-refractivity contribution is 5.79. The van der Waals surface area contributed by atoms with Gasteiger partial charge in [-0.1, -0.05) is 6.07 Å². The summed E-state index contributed by atoms with van der Waals surface area (Å²) in [5.74, 6) is 1.75. The van der Waals surface area contributed by atoms with Crippen molar-refractivity contribution in [3.8, 4) is 0 Å². The molecule has 1 aromatic heterocycles. The minimum absolute atomic E-state index is 0.359. The van der Waals surface area contributed by atoms with Gasteiger partial charge in [-0.15, -0.1) is 0 Å². The highest BCUT2D eigenvalue weighted by Crippen LogP contribution is 2.07. The first-order valence-corrected chi connectivity index (χ1v) is 6.13. The Morgan fingerprint density at radius 1 is 1.39 bits per heavy atom. The van der Waals surface area contributed by atoms with Crippen LogP contribution in [0.5, 0.6) is 0 Å². The van der Waals surface area contributed by atoms with Crippen molar-refractivity contribution in [3.63, 3.8) is 0 Å². The Labute approximate surface area is 109 Å². The minimum Gasteiger partial charge on any atom is -0.363 e. The molecule has 0 radical (unpaired) electrons. The molecule has 0 saturated carbocycles. The summed E-state index contributed by atoms with van der Waals surface area (Å²) in [4.78, 5) is 10.7. The van der Waals surface area contributed by atoms with Crippen molar-refractivity contribution in [2.45, 2.75) is 26.4 Å². The van der Waals surface area contributed by atoms with Crippen LogP contribution < -0.4 is 15.5 Å².